The van der Waals surface area contributed by atoms with Gasteiger partial charge in [0.2, 0.25) is 0 Å². The largest absolute Gasteiger partial charge is 0.459 e. The van der Waals surface area contributed by atoms with Gasteiger partial charge in [0.15, 0.2) is 11.7 Å². The summed E-state index contributed by atoms with van der Waals surface area (Å²) in [5, 5.41) is 9.56. The highest BCUT2D eigenvalue weighted by Gasteiger charge is 2.38. The number of nitrogens with one attached hydrogen (secondary N) is 3. The van der Waals surface area contributed by atoms with Gasteiger partial charge in [-0.3, -0.25) is 14.7 Å². The molecule has 0 bridgehead atoms. The van der Waals surface area contributed by atoms with E-state index in [4.69, 9.17) is 9.41 Å². The van der Waals surface area contributed by atoms with Gasteiger partial charge in [-0.15, -0.1) is 24.0 Å². The Morgan fingerprint density at radius 2 is 1.77 bits per heavy atom. The number of aliphatic imine (C=N–C) groups is 1. The van der Waals surface area contributed by atoms with Crippen LogP contribution in [0.3, 0.4) is 0 Å². The van der Waals surface area contributed by atoms with Crippen LogP contribution in [0.2, 0.25) is 0 Å². The number of likely N-dealkylation sites (tertiary alicyclic amines) is 1. The van der Waals surface area contributed by atoms with Crippen molar-refractivity contribution in [1.29, 1.82) is 0 Å². The van der Waals surface area contributed by atoms with E-state index >= 15 is 0 Å². The first kappa shape index (κ1) is 25.0. The molecule has 0 radical (unpaired) electrons. The lowest BCUT2D eigenvalue weighted by molar-refractivity contribution is 0.0407. The van der Waals surface area contributed by atoms with Gasteiger partial charge in [-0.25, -0.2) is 0 Å². The number of guanidine groups is 1. The van der Waals surface area contributed by atoms with Crippen molar-refractivity contribution in [3.8, 4) is 0 Å². The Hall–Kier alpha value is -1.29. The summed E-state index contributed by atoms with van der Waals surface area (Å²) in [5.41, 5.74) is 0.231. The smallest absolute Gasteiger partial charge is 0.287 e. The van der Waals surface area contributed by atoms with E-state index in [0.29, 0.717) is 18.8 Å². The third kappa shape index (κ3) is 7.14. The molecule has 2 heterocycles. The minimum atomic E-state index is -0.190. The summed E-state index contributed by atoms with van der Waals surface area (Å²) in [6, 6.07) is 3.38. The van der Waals surface area contributed by atoms with E-state index in [1.165, 1.54) is 70.7 Å². The molecule has 1 aromatic heterocycles. The molecular formula is C22H38IN5O2. The minimum Gasteiger partial charge on any atom is -0.459 e. The second-order valence-corrected chi connectivity index (χ2v) is 8.19. The Morgan fingerprint density at radius 1 is 1.07 bits per heavy atom. The van der Waals surface area contributed by atoms with Crippen molar-refractivity contribution < 1.29 is 9.21 Å². The first-order valence-corrected chi connectivity index (χ1v) is 11.3. The fourth-order valence-corrected chi connectivity index (χ4v) is 4.57. The molecular weight excluding hydrogens is 493 g/mol. The Balaban J connectivity index is 0.00000320. The van der Waals surface area contributed by atoms with Crippen molar-refractivity contribution in [2.75, 3.05) is 39.3 Å². The van der Waals surface area contributed by atoms with Crippen molar-refractivity contribution in [3.63, 3.8) is 0 Å². The van der Waals surface area contributed by atoms with E-state index in [9.17, 15) is 4.79 Å². The van der Waals surface area contributed by atoms with Crippen molar-refractivity contribution >= 4 is 35.8 Å². The quantitative estimate of drug-likeness (QED) is 0.208. The molecule has 8 heteroatoms. The standard InChI is InChI=1S/C22H37N5O2.HI/c1-2-23-21(25-14-13-24-20(28)19-10-9-17-29-19)26-18-22(11-5-3-6-12-22)27-15-7-4-8-16-27;/h9-10,17H,2-8,11-16,18H2,1H3,(H,24,28)(H2,23,25,26);1H. The molecule has 0 atom stereocenters. The first-order chi connectivity index (χ1) is 14.2. The summed E-state index contributed by atoms with van der Waals surface area (Å²) in [6.45, 7) is 7.33. The van der Waals surface area contributed by atoms with E-state index in [-0.39, 0.29) is 35.4 Å². The zero-order valence-electron chi connectivity index (χ0n) is 18.3. The van der Waals surface area contributed by atoms with E-state index in [1.807, 2.05) is 0 Å². The number of carbonyl (C=O) groups excluding carboxylic acids is 1. The van der Waals surface area contributed by atoms with Gasteiger partial charge in [0, 0.05) is 25.2 Å². The molecule has 1 saturated heterocycles. The summed E-state index contributed by atoms with van der Waals surface area (Å²) in [5.74, 6) is 0.984. The Morgan fingerprint density at radius 3 is 2.43 bits per heavy atom. The molecule has 1 aliphatic carbocycles. The van der Waals surface area contributed by atoms with Crippen molar-refractivity contribution in [3.05, 3.63) is 24.2 Å². The number of hydrogen-bond donors (Lipinski definition) is 3. The maximum absolute atomic E-state index is 11.9. The van der Waals surface area contributed by atoms with Crippen LogP contribution in [0.4, 0.5) is 0 Å². The monoisotopic (exact) mass is 531 g/mol. The maximum Gasteiger partial charge on any atom is 0.287 e. The Bertz CT molecular complexity index is 638. The van der Waals surface area contributed by atoms with Crippen molar-refractivity contribution in [2.24, 2.45) is 4.99 Å². The molecule has 0 unspecified atom stereocenters. The highest BCUT2D eigenvalue weighted by atomic mass is 127. The molecule has 1 saturated carbocycles. The SMILES string of the molecule is CCNC(=NCC1(N2CCCCC2)CCCCC1)NCCNC(=O)c1ccco1.I. The highest BCUT2D eigenvalue weighted by Crippen LogP contribution is 2.35. The van der Waals surface area contributed by atoms with Crippen LogP contribution in [-0.2, 0) is 0 Å². The fraction of sp³-hybridized carbons (Fsp3) is 0.727. The van der Waals surface area contributed by atoms with Gasteiger partial charge in [-0.05, 0) is 57.8 Å². The lowest BCUT2D eigenvalue weighted by Crippen LogP contribution is -2.54. The van der Waals surface area contributed by atoms with Gasteiger partial charge in [0.1, 0.15) is 0 Å². The lowest BCUT2D eigenvalue weighted by atomic mass is 9.79. The molecule has 2 fully saturated rings. The lowest BCUT2D eigenvalue weighted by Gasteiger charge is -2.47. The third-order valence-corrected chi connectivity index (χ3v) is 6.13. The minimum absolute atomic E-state index is 0. The van der Waals surface area contributed by atoms with Crippen LogP contribution in [0.15, 0.2) is 27.8 Å². The molecule has 0 aromatic carbocycles. The number of rotatable bonds is 8. The van der Waals surface area contributed by atoms with E-state index in [0.717, 1.165) is 19.0 Å². The van der Waals surface area contributed by atoms with Gasteiger partial charge in [-0.2, -0.15) is 0 Å². The van der Waals surface area contributed by atoms with Gasteiger partial charge >= 0.3 is 0 Å². The predicted molar refractivity (Wildman–Crippen MR) is 132 cm³/mol. The number of hydrogen-bond acceptors (Lipinski definition) is 4. The first-order valence-electron chi connectivity index (χ1n) is 11.3. The van der Waals surface area contributed by atoms with Crippen LogP contribution in [0.25, 0.3) is 0 Å². The molecule has 170 valence electrons. The topological polar surface area (TPSA) is 81.9 Å². The highest BCUT2D eigenvalue weighted by molar-refractivity contribution is 14.0. The fourth-order valence-electron chi connectivity index (χ4n) is 4.57. The van der Waals surface area contributed by atoms with Crippen LogP contribution >= 0.6 is 24.0 Å². The average molecular weight is 531 g/mol. The molecule has 1 aliphatic heterocycles. The Kier molecular flexibility index (Phi) is 11.0. The maximum atomic E-state index is 11.9. The van der Waals surface area contributed by atoms with Crippen LogP contribution in [0, 0.1) is 0 Å². The zero-order chi connectivity index (χ0) is 20.4. The summed E-state index contributed by atoms with van der Waals surface area (Å²) in [6.07, 6.45) is 12.0. The number of nitrogens with zero attached hydrogens (tertiary/aromatic N) is 2. The average Bonchev–Trinajstić information content (AvgIpc) is 3.31. The van der Waals surface area contributed by atoms with Crippen molar-refractivity contribution in [1.82, 2.24) is 20.9 Å². The summed E-state index contributed by atoms with van der Waals surface area (Å²) in [4.78, 5) is 19.6. The van der Waals surface area contributed by atoms with Gasteiger partial charge in [0.05, 0.1) is 12.8 Å². The summed E-state index contributed by atoms with van der Waals surface area (Å²) >= 11 is 0. The zero-order valence-corrected chi connectivity index (χ0v) is 20.6. The van der Waals surface area contributed by atoms with E-state index < -0.39 is 0 Å². The van der Waals surface area contributed by atoms with E-state index in [2.05, 4.69) is 27.8 Å². The molecule has 7 nitrogen and oxygen atoms in total. The number of carbonyl (C=O) groups is 1. The number of halogens is 1. The summed E-state index contributed by atoms with van der Waals surface area (Å²) < 4.78 is 5.11. The van der Waals surface area contributed by atoms with Gasteiger partial charge in [-0.1, -0.05) is 25.7 Å². The second kappa shape index (κ2) is 13.2. The van der Waals surface area contributed by atoms with Crippen molar-refractivity contribution in [2.45, 2.75) is 63.8 Å². The molecule has 1 aromatic rings. The predicted octanol–water partition coefficient (Wildman–Crippen LogP) is 3.37. The third-order valence-electron chi connectivity index (χ3n) is 6.13. The molecule has 0 spiro atoms. The number of amides is 1. The van der Waals surface area contributed by atoms with E-state index in [1.54, 1.807) is 12.1 Å². The number of piperidine rings is 1. The van der Waals surface area contributed by atoms with Gasteiger partial charge < -0.3 is 20.4 Å². The summed E-state index contributed by atoms with van der Waals surface area (Å²) in [7, 11) is 0. The Labute approximate surface area is 197 Å². The van der Waals surface area contributed by atoms with Crippen LogP contribution in [-0.4, -0.2) is 61.6 Å². The van der Waals surface area contributed by atoms with Crippen LogP contribution in [0.1, 0.15) is 68.8 Å². The molecule has 3 N–H and O–H groups in total. The second-order valence-electron chi connectivity index (χ2n) is 8.19. The molecule has 30 heavy (non-hydrogen) atoms. The number of furan rings is 1. The molecule has 3 rings (SSSR count). The van der Waals surface area contributed by atoms with Gasteiger partial charge in [0.25, 0.3) is 5.91 Å². The van der Waals surface area contributed by atoms with Crippen LogP contribution in [0.5, 0.6) is 0 Å². The molecule has 1 amide bonds. The van der Waals surface area contributed by atoms with Crippen LogP contribution < -0.4 is 16.0 Å². The molecule has 2 aliphatic rings. The normalized spacial score (nSPS) is 19.6.